The van der Waals surface area contributed by atoms with Crippen molar-refractivity contribution in [2.24, 2.45) is 0 Å². The van der Waals surface area contributed by atoms with E-state index in [0.29, 0.717) is 30.4 Å². The predicted molar refractivity (Wildman–Crippen MR) is 96.9 cm³/mol. The molecule has 1 atom stereocenters. The Labute approximate surface area is 147 Å². The molecular weight excluding hydrogens is 323 g/mol. The van der Waals surface area contributed by atoms with Crippen molar-refractivity contribution in [3.63, 3.8) is 0 Å². The van der Waals surface area contributed by atoms with Crippen LogP contribution in [0.25, 0.3) is 0 Å². The standard InChI is InChI=1S/C19H23FN2O3/c1-4-24-17-11-10-14(12-18(17)25-5-2)21-13(3)19(23)22-16-9-7-6-8-15(16)20/h6-13,21H,4-5H2,1-3H3,(H,22,23)/t13-/m0/s1. The molecule has 0 heterocycles. The first-order valence-electron chi connectivity index (χ1n) is 8.26. The van der Waals surface area contributed by atoms with E-state index in [1.807, 2.05) is 13.8 Å². The molecule has 0 aromatic heterocycles. The molecule has 0 spiro atoms. The number of hydrogen-bond acceptors (Lipinski definition) is 4. The predicted octanol–water partition coefficient (Wildman–Crippen LogP) is 4.06. The summed E-state index contributed by atoms with van der Waals surface area (Å²) < 4.78 is 24.7. The van der Waals surface area contributed by atoms with Crippen LogP contribution >= 0.6 is 0 Å². The number of hydrogen-bond donors (Lipinski definition) is 2. The van der Waals surface area contributed by atoms with Gasteiger partial charge in [0.1, 0.15) is 11.9 Å². The van der Waals surface area contributed by atoms with Gasteiger partial charge in [-0.25, -0.2) is 4.39 Å². The highest BCUT2D eigenvalue weighted by Gasteiger charge is 2.15. The number of halogens is 1. The zero-order valence-electron chi connectivity index (χ0n) is 14.6. The van der Waals surface area contributed by atoms with Gasteiger partial charge in [-0.1, -0.05) is 12.1 Å². The van der Waals surface area contributed by atoms with Gasteiger partial charge in [-0.15, -0.1) is 0 Å². The lowest BCUT2D eigenvalue weighted by Crippen LogP contribution is -2.32. The lowest BCUT2D eigenvalue weighted by Gasteiger charge is -2.17. The molecule has 6 heteroatoms. The topological polar surface area (TPSA) is 59.6 Å². The van der Waals surface area contributed by atoms with E-state index >= 15 is 0 Å². The molecule has 2 aromatic carbocycles. The highest BCUT2D eigenvalue weighted by molar-refractivity contribution is 5.96. The number of para-hydroxylation sites is 1. The quantitative estimate of drug-likeness (QED) is 0.757. The number of carbonyl (C=O) groups excluding carboxylic acids is 1. The van der Waals surface area contributed by atoms with E-state index in [-0.39, 0.29) is 11.6 Å². The summed E-state index contributed by atoms with van der Waals surface area (Å²) in [6, 6.07) is 10.9. The smallest absolute Gasteiger partial charge is 0.246 e. The number of ether oxygens (including phenoxy) is 2. The maximum Gasteiger partial charge on any atom is 0.246 e. The minimum absolute atomic E-state index is 0.155. The minimum Gasteiger partial charge on any atom is -0.490 e. The van der Waals surface area contributed by atoms with Crippen LogP contribution in [-0.2, 0) is 4.79 Å². The van der Waals surface area contributed by atoms with Crippen molar-refractivity contribution in [1.29, 1.82) is 0 Å². The van der Waals surface area contributed by atoms with E-state index in [1.165, 1.54) is 12.1 Å². The van der Waals surface area contributed by atoms with Gasteiger partial charge in [0.25, 0.3) is 0 Å². The number of anilines is 2. The zero-order valence-corrected chi connectivity index (χ0v) is 14.6. The number of amides is 1. The third kappa shape index (κ3) is 5.11. The Morgan fingerprint density at radius 3 is 2.44 bits per heavy atom. The summed E-state index contributed by atoms with van der Waals surface area (Å²) in [5, 5.41) is 5.65. The number of carbonyl (C=O) groups is 1. The molecule has 0 aliphatic heterocycles. The van der Waals surface area contributed by atoms with Gasteiger partial charge in [-0.3, -0.25) is 4.79 Å². The van der Waals surface area contributed by atoms with Gasteiger partial charge in [-0.2, -0.15) is 0 Å². The molecule has 0 saturated carbocycles. The van der Waals surface area contributed by atoms with Gasteiger partial charge in [-0.05, 0) is 45.0 Å². The maximum absolute atomic E-state index is 13.6. The van der Waals surface area contributed by atoms with Gasteiger partial charge >= 0.3 is 0 Å². The molecule has 0 radical (unpaired) electrons. The lowest BCUT2D eigenvalue weighted by molar-refractivity contribution is -0.116. The molecule has 134 valence electrons. The van der Waals surface area contributed by atoms with E-state index in [4.69, 9.17) is 9.47 Å². The van der Waals surface area contributed by atoms with Crippen LogP contribution < -0.4 is 20.1 Å². The van der Waals surface area contributed by atoms with Crippen LogP contribution in [0.4, 0.5) is 15.8 Å². The van der Waals surface area contributed by atoms with E-state index in [1.54, 1.807) is 37.3 Å². The Balaban J connectivity index is 2.06. The van der Waals surface area contributed by atoms with E-state index in [0.717, 1.165) is 0 Å². The van der Waals surface area contributed by atoms with Gasteiger partial charge in [0.15, 0.2) is 11.5 Å². The van der Waals surface area contributed by atoms with Crippen molar-refractivity contribution in [2.75, 3.05) is 23.8 Å². The Morgan fingerprint density at radius 2 is 1.76 bits per heavy atom. The highest BCUT2D eigenvalue weighted by atomic mass is 19.1. The molecule has 2 N–H and O–H groups in total. The fourth-order valence-electron chi connectivity index (χ4n) is 2.26. The summed E-state index contributed by atoms with van der Waals surface area (Å²) in [6.07, 6.45) is 0. The maximum atomic E-state index is 13.6. The second kappa shape index (κ2) is 8.92. The van der Waals surface area contributed by atoms with Gasteiger partial charge in [0.05, 0.1) is 18.9 Å². The second-order valence-corrected chi connectivity index (χ2v) is 5.36. The third-order valence-electron chi connectivity index (χ3n) is 3.45. The molecule has 5 nitrogen and oxygen atoms in total. The van der Waals surface area contributed by atoms with Crippen LogP contribution in [0.1, 0.15) is 20.8 Å². The van der Waals surface area contributed by atoms with Crippen LogP contribution in [0.5, 0.6) is 11.5 Å². The first-order valence-corrected chi connectivity index (χ1v) is 8.26. The second-order valence-electron chi connectivity index (χ2n) is 5.36. The number of nitrogens with one attached hydrogen (secondary N) is 2. The SMILES string of the molecule is CCOc1ccc(N[C@@H](C)C(=O)Nc2ccccc2F)cc1OCC. The summed E-state index contributed by atoms with van der Waals surface area (Å²) >= 11 is 0. The molecule has 0 aliphatic rings. The van der Waals surface area contributed by atoms with Gasteiger partial charge < -0.3 is 20.1 Å². The average Bonchev–Trinajstić information content (AvgIpc) is 2.59. The fourth-order valence-corrected chi connectivity index (χ4v) is 2.26. The third-order valence-corrected chi connectivity index (χ3v) is 3.45. The fraction of sp³-hybridized carbons (Fsp3) is 0.316. The molecule has 0 saturated heterocycles. The molecule has 0 fully saturated rings. The molecule has 0 bridgehead atoms. The Bertz CT molecular complexity index is 722. The van der Waals surface area contributed by atoms with Crippen molar-refractivity contribution >= 4 is 17.3 Å². The van der Waals surface area contributed by atoms with E-state index in [9.17, 15) is 9.18 Å². The highest BCUT2D eigenvalue weighted by Crippen LogP contribution is 2.31. The number of benzene rings is 2. The average molecular weight is 346 g/mol. The van der Waals surface area contributed by atoms with Crippen molar-refractivity contribution in [3.05, 3.63) is 48.3 Å². The van der Waals surface area contributed by atoms with Gasteiger partial charge in [0.2, 0.25) is 5.91 Å². The summed E-state index contributed by atoms with van der Waals surface area (Å²) in [6.45, 7) is 6.53. The van der Waals surface area contributed by atoms with Crippen molar-refractivity contribution in [1.82, 2.24) is 0 Å². The van der Waals surface area contributed by atoms with Crippen LogP contribution in [-0.4, -0.2) is 25.2 Å². The Morgan fingerprint density at radius 1 is 1.08 bits per heavy atom. The normalized spacial score (nSPS) is 11.5. The molecule has 2 rings (SSSR count). The monoisotopic (exact) mass is 346 g/mol. The van der Waals surface area contributed by atoms with Crippen molar-refractivity contribution < 1.29 is 18.7 Å². The first kappa shape index (κ1) is 18.6. The molecule has 1 amide bonds. The molecule has 0 unspecified atom stereocenters. The number of rotatable bonds is 8. The summed E-state index contributed by atoms with van der Waals surface area (Å²) in [5.41, 5.74) is 0.867. The van der Waals surface area contributed by atoms with Crippen LogP contribution in [0.15, 0.2) is 42.5 Å². The molecule has 0 aliphatic carbocycles. The van der Waals surface area contributed by atoms with Crippen LogP contribution in [0, 0.1) is 5.82 Å². The summed E-state index contributed by atoms with van der Waals surface area (Å²) in [7, 11) is 0. The van der Waals surface area contributed by atoms with Crippen LogP contribution in [0.2, 0.25) is 0 Å². The minimum atomic E-state index is -0.563. The zero-order chi connectivity index (χ0) is 18.2. The van der Waals surface area contributed by atoms with E-state index in [2.05, 4.69) is 10.6 Å². The van der Waals surface area contributed by atoms with Crippen molar-refractivity contribution in [3.8, 4) is 11.5 Å². The van der Waals surface area contributed by atoms with Gasteiger partial charge in [0, 0.05) is 11.8 Å². The Hall–Kier alpha value is -2.76. The Kier molecular flexibility index (Phi) is 6.62. The lowest BCUT2D eigenvalue weighted by atomic mass is 10.2. The summed E-state index contributed by atoms with van der Waals surface area (Å²) in [5.74, 6) is 0.453. The van der Waals surface area contributed by atoms with Crippen LogP contribution in [0.3, 0.4) is 0 Å². The molecule has 2 aromatic rings. The van der Waals surface area contributed by atoms with Crippen molar-refractivity contribution in [2.45, 2.75) is 26.8 Å². The first-order chi connectivity index (χ1) is 12.0. The summed E-state index contributed by atoms with van der Waals surface area (Å²) in [4.78, 5) is 12.3. The molecule has 25 heavy (non-hydrogen) atoms. The van der Waals surface area contributed by atoms with E-state index < -0.39 is 11.9 Å². The molecular formula is C19H23FN2O3. The largest absolute Gasteiger partial charge is 0.490 e.